The molecule has 2 heterocycles. The van der Waals surface area contributed by atoms with Gasteiger partial charge in [0.05, 0.1) is 10.8 Å². The summed E-state index contributed by atoms with van der Waals surface area (Å²) in [5.74, 6) is -1.23. The molecule has 1 saturated heterocycles. The summed E-state index contributed by atoms with van der Waals surface area (Å²) in [6.07, 6.45) is 1.76. The summed E-state index contributed by atoms with van der Waals surface area (Å²) < 4.78 is 0. The van der Waals surface area contributed by atoms with Crippen LogP contribution < -0.4 is 4.90 Å². The number of anilines is 1. The number of carboxylic acid groups (broad SMARTS) is 1. The van der Waals surface area contributed by atoms with Crippen molar-refractivity contribution in [2.75, 3.05) is 18.0 Å². The SMILES string of the molecule is O=C(O)C1CCN(c2ncc([N+](=O)[O-])s2)C1. The zero-order chi connectivity index (χ0) is 11.7. The van der Waals surface area contributed by atoms with Crippen molar-refractivity contribution in [2.45, 2.75) is 6.42 Å². The molecule has 0 aromatic carbocycles. The first-order chi connectivity index (χ1) is 7.58. The molecule has 1 fully saturated rings. The van der Waals surface area contributed by atoms with Crippen LogP contribution in [0.1, 0.15) is 6.42 Å². The van der Waals surface area contributed by atoms with Gasteiger partial charge >= 0.3 is 11.0 Å². The molecule has 1 unspecified atom stereocenters. The van der Waals surface area contributed by atoms with Gasteiger partial charge in [0, 0.05) is 13.1 Å². The van der Waals surface area contributed by atoms with Gasteiger partial charge in [-0.1, -0.05) is 0 Å². The quantitative estimate of drug-likeness (QED) is 0.627. The van der Waals surface area contributed by atoms with E-state index in [1.54, 1.807) is 4.90 Å². The molecule has 0 radical (unpaired) electrons. The van der Waals surface area contributed by atoms with E-state index in [0.717, 1.165) is 11.3 Å². The second-order valence-electron chi connectivity index (χ2n) is 3.51. The molecule has 2 rings (SSSR count). The van der Waals surface area contributed by atoms with Crippen LogP contribution in [0, 0.1) is 16.0 Å². The number of hydrogen-bond donors (Lipinski definition) is 1. The summed E-state index contributed by atoms with van der Waals surface area (Å²) in [5.41, 5.74) is 0. The Kier molecular flexibility index (Phi) is 2.73. The van der Waals surface area contributed by atoms with Crippen molar-refractivity contribution >= 4 is 27.4 Å². The minimum absolute atomic E-state index is 0.0197. The number of carbonyl (C=O) groups is 1. The van der Waals surface area contributed by atoms with E-state index in [4.69, 9.17) is 5.11 Å². The number of nitrogens with zero attached hydrogens (tertiary/aromatic N) is 3. The highest BCUT2D eigenvalue weighted by molar-refractivity contribution is 7.18. The Morgan fingerprint density at radius 3 is 3.00 bits per heavy atom. The highest BCUT2D eigenvalue weighted by Crippen LogP contribution is 2.31. The third-order valence-electron chi connectivity index (χ3n) is 2.47. The predicted molar refractivity (Wildman–Crippen MR) is 56.7 cm³/mol. The Morgan fingerprint density at radius 2 is 2.50 bits per heavy atom. The Balaban J connectivity index is 2.08. The number of aromatic nitrogens is 1. The number of hydrogen-bond acceptors (Lipinski definition) is 6. The van der Waals surface area contributed by atoms with Crippen LogP contribution >= 0.6 is 11.3 Å². The number of rotatable bonds is 3. The van der Waals surface area contributed by atoms with E-state index in [9.17, 15) is 14.9 Å². The second kappa shape index (κ2) is 4.05. The molecule has 0 amide bonds. The Morgan fingerprint density at radius 1 is 1.75 bits per heavy atom. The maximum atomic E-state index is 10.7. The van der Waals surface area contributed by atoms with Crippen molar-refractivity contribution in [3.8, 4) is 0 Å². The molecule has 86 valence electrons. The Bertz CT molecular complexity index is 433. The summed E-state index contributed by atoms with van der Waals surface area (Å²) in [6, 6.07) is 0. The van der Waals surface area contributed by atoms with Gasteiger partial charge in [-0.2, -0.15) is 0 Å². The third kappa shape index (κ3) is 1.96. The molecular weight excluding hydrogens is 234 g/mol. The van der Waals surface area contributed by atoms with Crippen LogP contribution in [0.15, 0.2) is 6.20 Å². The van der Waals surface area contributed by atoms with Crippen molar-refractivity contribution in [1.29, 1.82) is 0 Å². The lowest BCUT2D eigenvalue weighted by atomic mass is 10.1. The lowest BCUT2D eigenvalue weighted by molar-refractivity contribution is -0.380. The molecule has 1 aromatic rings. The van der Waals surface area contributed by atoms with Crippen LogP contribution in [-0.2, 0) is 4.79 Å². The Hall–Kier alpha value is -1.70. The van der Waals surface area contributed by atoms with Crippen molar-refractivity contribution in [1.82, 2.24) is 4.98 Å². The van der Waals surface area contributed by atoms with Crippen molar-refractivity contribution in [3.05, 3.63) is 16.3 Å². The van der Waals surface area contributed by atoms with Crippen LogP contribution in [0.5, 0.6) is 0 Å². The maximum absolute atomic E-state index is 10.7. The molecule has 0 aliphatic carbocycles. The molecule has 1 aliphatic heterocycles. The van der Waals surface area contributed by atoms with E-state index in [1.807, 2.05) is 0 Å². The molecule has 1 aliphatic rings. The molecule has 0 spiro atoms. The zero-order valence-electron chi connectivity index (χ0n) is 8.20. The fourth-order valence-corrected chi connectivity index (χ4v) is 2.39. The zero-order valence-corrected chi connectivity index (χ0v) is 9.01. The van der Waals surface area contributed by atoms with E-state index in [1.165, 1.54) is 6.20 Å². The van der Waals surface area contributed by atoms with Gasteiger partial charge in [0.2, 0.25) is 0 Å². The molecule has 7 nitrogen and oxygen atoms in total. The average Bonchev–Trinajstić information content (AvgIpc) is 2.86. The number of carboxylic acids is 1. The molecular formula is C8H9N3O4S. The standard InChI is InChI=1S/C8H9N3O4S/c12-7(13)5-1-2-10(4-5)8-9-3-6(16-8)11(14)15/h3,5H,1-2,4H2,(H,12,13). The lowest BCUT2D eigenvalue weighted by Crippen LogP contribution is -2.22. The second-order valence-corrected chi connectivity index (χ2v) is 4.50. The van der Waals surface area contributed by atoms with Gasteiger partial charge in [0.25, 0.3) is 0 Å². The van der Waals surface area contributed by atoms with Gasteiger partial charge in [-0.25, -0.2) is 4.98 Å². The average molecular weight is 243 g/mol. The van der Waals surface area contributed by atoms with E-state index in [2.05, 4.69) is 4.98 Å². The van der Waals surface area contributed by atoms with E-state index < -0.39 is 16.8 Å². The molecule has 1 N–H and O–H groups in total. The first-order valence-electron chi connectivity index (χ1n) is 4.66. The summed E-state index contributed by atoms with van der Waals surface area (Å²) in [5, 5.41) is 19.8. The van der Waals surface area contributed by atoms with Gasteiger partial charge in [0.15, 0.2) is 5.13 Å². The lowest BCUT2D eigenvalue weighted by Gasteiger charge is -2.12. The summed E-state index contributed by atoms with van der Waals surface area (Å²) in [4.78, 5) is 26.4. The largest absolute Gasteiger partial charge is 0.481 e. The van der Waals surface area contributed by atoms with E-state index in [0.29, 0.717) is 24.6 Å². The van der Waals surface area contributed by atoms with Crippen molar-refractivity contribution < 1.29 is 14.8 Å². The number of aliphatic carboxylic acids is 1. The molecule has 16 heavy (non-hydrogen) atoms. The van der Waals surface area contributed by atoms with Crippen LogP contribution in [0.4, 0.5) is 10.1 Å². The van der Waals surface area contributed by atoms with Crippen molar-refractivity contribution in [2.24, 2.45) is 5.92 Å². The fourth-order valence-electron chi connectivity index (χ4n) is 1.62. The fraction of sp³-hybridized carbons (Fsp3) is 0.500. The summed E-state index contributed by atoms with van der Waals surface area (Å²) in [7, 11) is 0. The monoisotopic (exact) mass is 243 g/mol. The van der Waals surface area contributed by atoms with Crippen LogP contribution in [0.25, 0.3) is 0 Å². The first-order valence-corrected chi connectivity index (χ1v) is 5.47. The maximum Gasteiger partial charge on any atom is 0.345 e. The minimum atomic E-state index is -0.825. The molecule has 1 atom stereocenters. The van der Waals surface area contributed by atoms with Gasteiger partial charge in [0.1, 0.15) is 6.20 Å². The summed E-state index contributed by atoms with van der Waals surface area (Å²) >= 11 is 0.975. The molecule has 0 saturated carbocycles. The predicted octanol–water partition coefficient (Wildman–Crippen LogP) is 0.962. The van der Waals surface area contributed by atoms with E-state index >= 15 is 0 Å². The minimum Gasteiger partial charge on any atom is -0.481 e. The Labute approximate surface area is 94.5 Å². The van der Waals surface area contributed by atoms with Gasteiger partial charge in [-0.3, -0.25) is 14.9 Å². The smallest absolute Gasteiger partial charge is 0.345 e. The van der Waals surface area contributed by atoms with Gasteiger partial charge in [-0.15, -0.1) is 0 Å². The summed E-state index contributed by atoms with van der Waals surface area (Å²) in [6.45, 7) is 0.960. The normalized spacial score (nSPS) is 20.0. The van der Waals surface area contributed by atoms with Crippen LogP contribution in [0.2, 0.25) is 0 Å². The van der Waals surface area contributed by atoms with Crippen LogP contribution in [0.3, 0.4) is 0 Å². The molecule has 0 bridgehead atoms. The van der Waals surface area contributed by atoms with Crippen molar-refractivity contribution in [3.63, 3.8) is 0 Å². The van der Waals surface area contributed by atoms with Gasteiger partial charge < -0.3 is 10.0 Å². The highest BCUT2D eigenvalue weighted by Gasteiger charge is 2.30. The number of thiazole rings is 1. The first kappa shape index (κ1) is 10.8. The third-order valence-corrected chi connectivity index (χ3v) is 3.48. The number of nitro groups is 1. The molecule has 1 aromatic heterocycles. The van der Waals surface area contributed by atoms with E-state index in [-0.39, 0.29) is 5.00 Å². The highest BCUT2D eigenvalue weighted by atomic mass is 32.1. The van der Waals surface area contributed by atoms with Crippen LogP contribution in [-0.4, -0.2) is 34.1 Å². The topological polar surface area (TPSA) is 96.6 Å². The molecule has 8 heteroatoms. The van der Waals surface area contributed by atoms with Gasteiger partial charge in [-0.05, 0) is 17.8 Å².